The summed E-state index contributed by atoms with van der Waals surface area (Å²) in [6, 6.07) is 12.2. The van der Waals surface area contributed by atoms with Gasteiger partial charge in [0.2, 0.25) is 0 Å². The number of hydrogen-bond acceptors (Lipinski definition) is 3. The van der Waals surface area contributed by atoms with E-state index in [1.54, 1.807) is 12.4 Å². The van der Waals surface area contributed by atoms with Crippen LogP contribution in [0.5, 0.6) is 0 Å². The van der Waals surface area contributed by atoms with Crippen LogP contribution in [0.1, 0.15) is 19.4 Å². The topological polar surface area (TPSA) is 40.2 Å². The highest BCUT2D eigenvalue weighted by atomic mass is 32.1. The van der Waals surface area contributed by atoms with Crippen molar-refractivity contribution in [3.8, 4) is 0 Å². The van der Waals surface area contributed by atoms with Crippen LogP contribution in [-0.2, 0) is 6.54 Å². The molecular formula is C17H22N4S. The smallest absolute Gasteiger partial charge is 0.171 e. The van der Waals surface area contributed by atoms with E-state index in [-0.39, 0.29) is 0 Å². The number of nitrogens with one attached hydrogen (secondary N) is 2. The van der Waals surface area contributed by atoms with E-state index in [1.807, 2.05) is 30.3 Å². The van der Waals surface area contributed by atoms with Crippen molar-refractivity contribution >= 4 is 28.7 Å². The van der Waals surface area contributed by atoms with Gasteiger partial charge in [0.25, 0.3) is 0 Å². The normalized spacial score (nSPS) is 10.1. The molecule has 2 N–H and O–H groups in total. The van der Waals surface area contributed by atoms with Gasteiger partial charge in [0, 0.05) is 32.0 Å². The maximum atomic E-state index is 5.40. The summed E-state index contributed by atoms with van der Waals surface area (Å²) in [6.07, 6.45) is 3.56. The summed E-state index contributed by atoms with van der Waals surface area (Å²) in [4.78, 5) is 6.31. The highest BCUT2D eigenvalue weighted by Crippen LogP contribution is 2.25. The summed E-state index contributed by atoms with van der Waals surface area (Å²) < 4.78 is 0. The van der Waals surface area contributed by atoms with Gasteiger partial charge in [-0.3, -0.25) is 4.98 Å². The third-order valence-corrected chi connectivity index (χ3v) is 3.71. The van der Waals surface area contributed by atoms with E-state index in [0.717, 1.165) is 24.3 Å². The molecule has 0 saturated carbocycles. The zero-order valence-corrected chi connectivity index (χ0v) is 13.9. The standard InChI is InChI=1S/C17H22N4S/c1-3-21(4-2)16-8-6-5-7-15(16)20-17(22)19-13-14-9-11-18-12-10-14/h5-12H,3-4,13H2,1-2H3,(H2,19,20,22). The lowest BCUT2D eigenvalue weighted by atomic mass is 10.2. The van der Waals surface area contributed by atoms with Crippen LogP contribution in [0.25, 0.3) is 0 Å². The molecule has 0 fully saturated rings. The monoisotopic (exact) mass is 314 g/mol. The van der Waals surface area contributed by atoms with Gasteiger partial charge in [0.15, 0.2) is 5.11 Å². The molecule has 22 heavy (non-hydrogen) atoms. The summed E-state index contributed by atoms with van der Waals surface area (Å²) >= 11 is 5.40. The molecule has 0 unspecified atom stereocenters. The van der Waals surface area contributed by atoms with E-state index in [9.17, 15) is 0 Å². The maximum absolute atomic E-state index is 5.40. The van der Waals surface area contributed by atoms with Gasteiger partial charge in [-0.25, -0.2) is 0 Å². The Hall–Kier alpha value is -2.14. The van der Waals surface area contributed by atoms with Gasteiger partial charge in [-0.05, 0) is 55.9 Å². The van der Waals surface area contributed by atoms with Crippen molar-refractivity contribution in [3.63, 3.8) is 0 Å². The molecular weight excluding hydrogens is 292 g/mol. The molecule has 5 heteroatoms. The first-order chi connectivity index (χ1) is 10.7. The molecule has 0 atom stereocenters. The first kappa shape index (κ1) is 16.2. The predicted octanol–water partition coefficient (Wildman–Crippen LogP) is 3.41. The molecule has 0 saturated heterocycles. The van der Waals surface area contributed by atoms with E-state index < -0.39 is 0 Å². The van der Waals surface area contributed by atoms with Crippen molar-refractivity contribution in [1.82, 2.24) is 10.3 Å². The molecule has 0 aliphatic heterocycles. The first-order valence-electron chi connectivity index (χ1n) is 7.52. The molecule has 4 nitrogen and oxygen atoms in total. The maximum Gasteiger partial charge on any atom is 0.171 e. The van der Waals surface area contributed by atoms with E-state index in [0.29, 0.717) is 11.7 Å². The molecule has 0 aliphatic carbocycles. The largest absolute Gasteiger partial charge is 0.370 e. The van der Waals surface area contributed by atoms with Crippen molar-refractivity contribution in [2.45, 2.75) is 20.4 Å². The third-order valence-electron chi connectivity index (χ3n) is 3.46. The zero-order valence-electron chi connectivity index (χ0n) is 13.0. The molecule has 1 aromatic heterocycles. The minimum absolute atomic E-state index is 0.622. The third kappa shape index (κ3) is 4.43. The van der Waals surface area contributed by atoms with Crippen molar-refractivity contribution in [2.75, 3.05) is 23.3 Å². The molecule has 116 valence electrons. The van der Waals surface area contributed by atoms with Crippen molar-refractivity contribution in [3.05, 3.63) is 54.4 Å². The highest BCUT2D eigenvalue weighted by Gasteiger charge is 2.08. The van der Waals surface area contributed by atoms with Gasteiger partial charge in [0.1, 0.15) is 0 Å². The van der Waals surface area contributed by atoms with E-state index in [2.05, 4.69) is 40.4 Å². The fourth-order valence-corrected chi connectivity index (χ4v) is 2.45. The van der Waals surface area contributed by atoms with E-state index in [1.165, 1.54) is 5.69 Å². The molecule has 0 amide bonds. The zero-order chi connectivity index (χ0) is 15.8. The summed E-state index contributed by atoms with van der Waals surface area (Å²) in [5.41, 5.74) is 3.34. The van der Waals surface area contributed by atoms with Crippen LogP contribution in [-0.4, -0.2) is 23.2 Å². The quantitative estimate of drug-likeness (QED) is 0.800. The second-order valence-corrected chi connectivity index (χ2v) is 5.26. The van der Waals surface area contributed by atoms with Gasteiger partial charge in [-0.2, -0.15) is 0 Å². The van der Waals surface area contributed by atoms with Gasteiger partial charge < -0.3 is 15.5 Å². The molecule has 0 radical (unpaired) electrons. The van der Waals surface area contributed by atoms with Crippen LogP contribution in [0.3, 0.4) is 0 Å². The Labute approximate surface area is 137 Å². The molecule has 0 aliphatic rings. The van der Waals surface area contributed by atoms with Crippen molar-refractivity contribution in [1.29, 1.82) is 0 Å². The minimum Gasteiger partial charge on any atom is -0.370 e. The molecule has 1 heterocycles. The van der Waals surface area contributed by atoms with Crippen LogP contribution < -0.4 is 15.5 Å². The van der Waals surface area contributed by atoms with Crippen LogP contribution in [0.2, 0.25) is 0 Å². The highest BCUT2D eigenvalue weighted by molar-refractivity contribution is 7.80. The van der Waals surface area contributed by atoms with E-state index >= 15 is 0 Å². The molecule has 2 rings (SSSR count). The Morgan fingerprint density at radius 2 is 1.77 bits per heavy atom. The molecule has 0 bridgehead atoms. The number of benzene rings is 1. The van der Waals surface area contributed by atoms with Crippen LogP contribution in [0.15, 0.2) is 48.8 Å². The molecule has 1 aromatic carbocycles. The lowest BCUT2D eigenvalue weighted by Crippen LogP contribution is -2.29. The average Bonchev–Trinajstić information content (AvgIpc) is 2.56. The summed E-state index contributed by atoms with van der Waals surface area (Å²) in [5.74, 6) is 0. The lowest BCUT2D eigenvalue weighted by Gasteiger charge is -2.24. The summed E-state index contributed by atoms with van der Waals surface area (Å²) in [7, 11) is 0. The molecule has 2 aromatic rings. The average molecular weight is 314 g/mol. The number of hydrogen-bond donors (Lipinski definition) is 2. The number of nitrogens with zero attached hydrogens (tertiary/aromatic N) is 2. The van der Waals surface area contributed by atoms with E-state index in [4.69, 9.17) is 12.2 Å². The van der Waals surface area contributed by atoms with Crippen LogP contribution in [0, 0.1) is 0 Å². The number of para-hydroxylation sites is 2. The second-order valence-electron chi connectivity index (χ2n) is 4.85. The van der Waals surface area contributed by atoms with Gasteiger partial charge in [-0.1, -0.05) is 12.1 Å². The second kappa shape index (κ2) is 8.34. The summed E-state index contributed by atoms with van der Waals surface area (Å²) in [6.45, 7) is 6.92. The number of pyridine rings is 1. The Morgan fingerprint density at radius 3 is 2.45 bits per heavy atom. The SMILES string of the molecule is CCN(CC)c1ccccc1NC(=S)NCc1ccncc1. The number of rotatable bonds is 6. The Kier molecular flexibility index (Phi) is 6.15. The van der Waals surface area contributed by atoms with Crippen molar-refractivity contribution < 1.29 is 0 Å². The van der Waals surface area contributed by atoms with Gasteiger partial charge >= 0.3 is 0 Å². The summed E-state index contributed by atoms with van der Waals surface area (Å²) in [5, 5.41) is 7.14. The Morgan fingerprint density at radius 1 is 1.09 bits per heavy atom. The Balaban J connectivity index is 1.99. The fourth-order valence-electron chi connectivity index (χ4n) is 2.27. The van der Waals surface area contributed by atoms with Crippen LogP contribution in [0.4, 0.5) is 11.4 Å². The lowest BCUT2D eigenvalue weighted by molar-refractivity contribution is 0.867. The fraction of sp³-hybridized carbons (Fsp3) is 0.294. The van der Waals surface area contributed by atoms with Crippen LogP contribution >= 0.6 is 12.2 Å². The van der Waals surface area contributed by atoms with Gasteiger partial charge in [0.05, 0.1) is 11.4 Å². The predicted molar refractivity (Wildman–Crippen MR) is 97.3 cm³/mol. The number of aromatic nitrogens is 1. The molecule has 0 spiro atoms. The number of thiocarbonyl (C=S) groups is 1. The van der Waals surface area contributed by atoms with Gasteiger partial charge in [-0.15, -0.1) is 0 Å². The number of anilines is 2. The van der Waals surface area contributed by atoms with Crippen molar-refractivity contribution in [2.24, 2.45) is 0 Å². The first-order valence-corrected chi connectivity index (χ1v) is 7.93. The Bertz CT molecular complexity index is 597. The minimum atomic E-state index is 0.622.